The summed E-state index contributed by atoms with van der Waals surface area (Å²) in [6.45, 7) is 1.84. The second kappa shape index (κ2) is 7.44. The van der Waals surface area contributed by atoms with Crippen molar-refractivity contribution in [3.63, 3.8) is 0 Å². The molecular weight excluding hydrogens is 318 g/mol. The summed E-state index contributed by atoms with van der Waals surface area (Å²) in [5.41, 5.74) is 0.856. The van der Waals surface area contributed by atoms with Gasteiger partial charge in [0.2, 0.25) is 11.5 Å². The lowest BCUT2D eigenvalue weighted by molar-refractivity contribution is 0.0514. The van der Waals surface area contributed by atoms with E-state index < -0.39 is 11.8 Å². The van der Waals surface area contributed by atoms with Gasteiger partial charge in [0.15, 0.2) is 5.82 Å². The zero-order valence-corrected chi connectivity index (χ0v) is 13.5. The predicted molar refractivity (Wildman–Crippen MR) is 91.1 cm³/mol. The van der Waals surface area contributed by atoms with Crippen LogP contribution in [0.15, 0.2) is 60.7 Å². The van der Waals surface area contributed by atoms with Gasteiger partial charge in [-0.1, -0.05) is 60.7 Å². The summed E-state index contributed by atoms with van der Waals surface area (Å²) in [4.78, 5) is 29.3. The molecule has 0 fully saturated rings. The third-order valence-corrected chi connectivity index (χ3v) is 3.44. The minimum atomic E-state index is -0.721. The van der Waals surface area contributed by atoms with Crippen molar-refractivity contribution in [3.05, 3.63) is 77.6 Å². The van der Waals surface area contributed by atoms with Crippen molar-refractivity contribution in [3.8, 4) is 11.4 Å². The van der Waals surface area contributed by atoms with Gasteiger partial charge < -0.3 is 4.74 Å². The van der Waals surface area contributed by atoms with E-state index in [2.05, 4.69) is 15.2 Å². The minimum Gasteiger partial charge on any atom is -0.461 e. The van der Waals surface area contributed by atoms with Crippen LogP contribution in [-0.4, -0.2) is 33.5 Å². The summed E-state index contributed by atoms with van der Waals surface area (Å²) in [6.07, 6.45) is 0. The Balaban J connectivity index is 2.11. The van der Waals surface area contributed by atoms with Crippen LogP contribution in [0.4, 0.5) is 0 Å². The molecule has 0 unspecified atom stereocenters. The Labute approximate surface area is 144 Å². The van der Waals surface area contributed by atoms with Gasteiger partial charge >= 0.3 is 5.97 Å². The molecule has 0 spiro atoms. The topological polar surface area (TPSA) is 82.0 Å². The van der Waals surface area contributed by atoms with Crippen molar-refractivity contribution < 1.29 is 14.3 Å². The fourth-order valence-electron chi connectivity index (χ4n) is 2.26. The number of hydrogen-bond acceptors (Lipinski definition) is 6. The lowest BCUT2D eigenvalue weighted by Gasteiger charge is -2.08. The van der Waals surface area contributed by atoms with Gasteiger partial charge in [-0.15, -0.1) is 10.2 Å². The second-order valence-corrected chi connectivity index (χ2v) is 5.11. The van der Waals surface area contributed by atoms with E-state index in [-0.39, 0.29) is 23.8 Å². The Bertz CT molecular complexity index is 896. The maximum absolute atomic E-state index is 12.8. The van der Waals surface area contributed by atoms with Crippen molar-refractivity contribution >= 4 is 11.8 Å². The molecule has 6 nitrogen and oxygen atoms in total. The highest BCUT2D eigenvalue weighted by atomic mass is 16.5. The fourth-order valence-corrected chi connectivity index (χ4v) is 2.26. The molecule has 6 heteroatoms. The van der Waals surface area contributed by atoms with E-state index in [0.717, 1.165) is 0 Å². The summed E-state index contributed by atoms with van der Waals surface area (Å²) in [7, 11) is 0. The lowest BCUT2D eigenvalue weighted by atomic mass is 10.1. The number of nitrogens with zero attached hydrogens (tertiary/aromatic N) is 3. The van der Waals surface area contributed by atoms with Crippen LogP contribution in [0.1, 0.15) is 33.5 Å². The van der Waals surface area contributed by atoms with Gasteiger partial charge in [-0.2, -0.15) is 0 Å². The summed E-state index contributed by atoms with van der Waals surface area (Å²) in [6, 6.07) is 17.7. The minimum absolute atomic E-state index is 0.0708. The number of hydrogen-bond donors (Lipinski definition) is 0. The molecule has 25 heavy (non-hydrogen) atoms. The molecule has 0 N–H and O–H groups in total. The van der Waals surface area contributed by atoms with Crippen LogP contribution in [0.2, 0.25) is 0 Å². The first-order valence-corrected chi connectivity index (χ1v) is 7.77. The van der Waals surface area contributed by atoms with Crippen LogP contribution in [0.5, 0.6) is 0 Å². The molecule has 0 amide bonds. The van der Waals surface area contributed by atoms with Crippen LogP contribution < -0.4 is 0 Å². The quantitative estimate of drug-likeness (QED) is 0.527. The molecular formula is C19H15N3O3. The van der Waals surface area contributed by atoms with E-state index >= 15 is 0 Å². The van der Waals surface area contributed by atoms with E-state index in [9.17, 15) is 9.59 Å². The molecule has 0 radical (unpaired) electrons. The van der Waals surface area contributed by atoms with Gasteiger partial charge in [0, 0.05) is 11.1 Å². The zero-order chi connectivity index (χ0) is 17.6. The summed E-state index contributed by atoms with van der Waals surface area (Å²) in [5, 5.41) is 7.89. The lowest BCUT2D eigenvalue weighted by Crippen LogP contribution is -2.18. The van der Waals surface area contributed by atoms with Crippen LogP contribution >= 0.6 is 0 Å². The molecule has 0 aliphatic carbocycles. The Morgan fingerprint density at radius 2 is 1.52 bits per heavy atom. The molecule has 0 aliphatic heterocycles. The van der Waals surface area contributed by atoms with Gasteiger partial charge in [-0.05, 0) is 6.92 Å². The number of esters is 1. The molecule has 0 aliphatic rings. The van der Waals surface area contributed by atoms with Crippen LogP contribution in [0.25, 0.3) is 11.4 Å². The first-order chi connectivity index (χ1) is 12.2. The summed E-state index contributed by atoms with van der Waals surface area (Å²) < 4.78 is 4.97. The van der Waals surface area contributed by atoms with E-state index in [0.29, 0.717) is 11.1 Å². The normalized spacial score (nSPS) is 10.3. The highest BCUT2D eigenvalue weighted by Gasteiger charge is 2.24. The van der Waals surface area contributed by atoms with E-state index in [4.69, 9.17) is 4.74 Å². The molecule has 1 aromatic heterocycles. The van der Waals surface area contributed by atoms with E-state index in [1.165, 1.54) is 0 Å². The number of carbonyl (C=O) groups excluding carboxylic acids is 2. The molecule has 2 aromatic carbocycles. The standard InChI is InChI=1S/C19H15N3O3/c1-2-25-19(24)16-15(17(23)13-9-5-3-6-10-13)20-18(22-21-16)14-11-7-4-8-12-14/h3-12H,2H2,1H3. The molecule has 1 heterocycles. The summed E-state index contributed by atoms with van der Waals surface area (Å²) >= 11 is 0. The van der Waals surface area contributed by atoms with Crippen molar-refractivity contribution in [2.75, 3.05) is 6.61 Å². The average Bonchev–Trinajstić information content (AvgIpc) is 2.68. The number of ketones is 1. The Kier molecular flexibility index (Phi) is 4.89. The molecule has 3 rings (SSSR count). The maximum Gasteiger partial charge on any atom is 0.361 e. The van der Waals surface area contributed by atoms with Crippen molar-refractivity contribution in [1.82, 2.24) is 15.2 Å². The van der Waals surface area contributed by atoms with Gasteiger partial charge in [0.05, 0.1) is 6.61 Å². The Morgan fingerprint density at radius 3 is 2.16 bits per heavy atom. The Morgan fingerprint density at radius 1 is 0.880 bits per heavy atom. The SMILES string of the molecule is CCOC(=O)c1nnc(-c2ccccc2)nc1C(=O)c1ccccc1. The van der Waals surface area contributed by atoms with E-state index in [1.807, 2.05) is 18.2 Å². The van der Waals surface area contributed by atoms with Crippen molar-refractivity contribution in [2.24, 2.45) is 0 Å². The monoisotopic (exact) mass is 333 g/mol. The van der Waals surface area contributed by atoms with Gasteiger partial charge in [-0.25, -0.2) is 9.78 Å². The molecule has 0 atom stereocenters. The van der Waals surface area contributed by atoms with Gasteiger partial charge in [-0.3, -0.25) is 4.79 Å². The van der Waals surface area contributed by atoms with Crippen LogP contribution in [0, 0.1) is 0 Å². The molecule has 0 saturated carbocycles. The number of ether oxygens (including phenoxy) is 1. The van der Waals surface area contributed by atoms with Crippen molar-refractivity contribution in [1.29, 1.82) is 0 Å². The highest BCUT2D eigenvalue weighted by Crippen LogP contribution is 2.17. The third kappa shape index (κ3) is 3.58. The zero-order valence-electron chi connectivity index (χ0n) is 13.5. The van der Waals surface area contributed by atoms with Crippen LogP contribution in [0.3, 0.4) is 0 Å². The summed E-state index contributed by atoms with van der Waals surface area (Å²) in [5.74, 6) is -0.856. The predicted octanol–water partition coefficient (Wildman–Crippen LogP) is 2.95. The smallest absolute Gasteiger partial charge is 0.361 e. The molecule has 3 aromatic rings. The maximum atomic E-state index is 12.8. The highest BCUT2D eigenvalue weighted by molar-refractivity contribution is 6.12. The number of aromatic nitrogens is 3. The van der Waals surface area contributed by atoms with Crippen molar-refractivity contribution in [2.45, 2.75) is 6.92 Å². The number of rotatable bonds is 5. The first-order valence-electron chi connectivity index (χ1n) is 7.77. The molecule has 0 bridgehead atoms. The van der Waals surface area contributed by atoms with Gasteiger partial charge in [0.1, 0.15) is 5.69 Å². The Hall–Kier alpha value is -3.41. The number of benzene rings is 2. The van der Waals surface area contributed by atoms with Crippen LogP contribution in [-0.2, 0) is 4.74 Å². The van der Waals surface area contributed by atoms with E-state index in [1.54, 1.807) is 49.4 Å². The third-order valence-electron chi connectivity index (χ3n) is 3.44. The first kappa shape index (κ1) is 16.4. The number of carbonyl (C=O) groups is 2. The second-order valence-electron chi connectivity index (χ2n) is 5.11. The molecule has 124 valence electrons. The van der Waals surface area contributed by atoms with Gasteiger partial charge in [0.25, 0.3) is 0 Å². The molecule has 0 saturated heterocycles. The largest absolute Gasteiger partial charge is 0.461 e. The average molecular weight is 333 g/mol. The fraction of sp³-hybridized carbons (Fsp3) is 0.105.